The molecule has 35 heavy (non-hydrogen) atoms. The van der Waals surface area contributed by atoms with Crippen molar-refractivity contribution in [2.75, 3.05) is 33.3 Å². The molecule has 0 amide bonds. The first kappa shape index (κ1) is 23.9. The zero-order valence-electron chi connectivity index (χ0n) is 18.8. The van der Waals surface area contributed by atoms with Crippen molar-refractivity contribution in [3.05, 3.63) is 75.7 Å². The lowest BCUT2D eigenvalue weighted by Crippen LogP contribution is -2.48. The Morgan fingerprint density at radius 3 is 2.51 bits per heavy atom. The van der Waals surface area contributed by atoms with E-state index in [0.29, 0.717) is 48.4 Å². The maximum atomic E-state index is 13.2. The average molecular weight is 532 g/mol. The third-order valence-electron chi connectivity index (χ3n) is 5.78. The minimum Gasteiger partial charge on any atom is -0.495 e. The van der Waals surface area contributed by atoms with Gasteiger partial charge in [0.25, 0.3) is 5.56 Å². The fraction of sp³-hybridized carbons (Fsp3) is 0.261. The van der Waals surface area contributed by atoms with Crippen LogP contribution in [0, 0.1) is 0 Å². The van der Waals surface area contributed by atoms with E-state index in [2.05, 4.69) is 15.0 Å². The predicted molar refractivity (Wildman–Crippen MR) is 135 cm³/mol. The molecule has 4 aromatic rings. The van der Waals surface area contributed by atoms with E-state index < -0.39 is 10.0 Å². The second-order valence-electron chi connectivity index (χ2n) is 8.03. The van der Waals surface area contributed by atoms with Crippen molar-refractivity contribution >= 4 is 37.9 Å². The molecule has 12 heteroatoms. The third-order valence-corrected chi connectivity index (χ3v) is 8.89. The van der Waals surface area contributed by atoms with Crippen LogP contribution in [0.15, 0.2) is 64.3 Å². The smallest absolute Gasteiger partial charge is 0.275 e. The van der Waals surface area contributed by atoms with Gasteiger partial charge in [-0.25, -0.2) is 13.4 Å². The highest BCUT2D eigenvalue weighted by Gasteiger charge is 2.31. The Morgan fingerprint density at radius 1 is 1.06 bits per heavy atom. The SMILES string of the molecule is COc1ccc(Cl)cc1S(=O)(=O)N1CCN(Cc2cc(=O)n3nc(-c4ccccc4)sc3n2)CC1. The molecule has 3 heterocycles. The fourth-order valence-electron chi connectivity index (χ4n) is 3.98. The molecular formula is C23H22ClN5O4S2. The van der Waals surface area contributed by atoms with Crippen molar-refractivity contribution in [2.45, 2.75) is 11.4 Å². The molecule has 1 saturated heterocycles. The van der Waals surface area contributed by atoms with Gasteiger partial charge in [0.05, 0.1) is 12.8 Å². The van der Waals surface area contributed by atoms with Gasteiger partial charge in [-0.1, -0.05) is 53.3 Å². The summed E-state index contributed by atoms with van der Waals surface area (Å²) in [5, 5.41) is 5.46. The molecule has 2 aromatic heterocycles. The largest absolute Gasteiger partial charge is 0.495 e. The summed E-state index contributed by atoms with van der Waals surface area (Å²) >= 11 is 7.40. The lowest BCUT2D eigenvalue weighted by Gasteiger charge is -2.33. The third kappa shape index (κ3) is 4.82. The van der Waals surface area contributed by atoms with Crippen molar-refractivity contribution in [2.24, 2.45) is 0 Å². The van der Waals surface area contributed by atoms with Gasteiger partial charge >= 0.3 is 0 Å². The molecule has 1 aliphatic heterocycles. The van der Waals surface area contributed by atoms with Gasteiger partial charge in [0.15, 0.2) is 0 Å². The van der Waals surface area contributed by atoms with E-state index in [9.17, 15) is 13.2 Å². The van der Waals surface area contributed by atoms with Crippen molar-refractivity contribution in [1.82, 2.24) is 23.8 Å². The lowest BCUT2D eigenvalue weighted by molar-refractivity contribution is 0.179. The molecular weight excluding hydrogens is 510 g/mol. The molecule has 0 aliphatic carbocycles. The molecule has 2 aromatic carbocycles. The second-order valence-corrected chi connectivity index (χ2v) is 11.3. The highest BCUT2D eigenvalue weighted by atomic mass is 35.5. The first-order chi connectivity index (χ1) is 16.8. The highest BCUT2D eigenvalue weighted by molar-refractivity contribution is 7.89. The average Bonchev–Trinajstić information content (AvgIpc) is 3.30. The van der Waals surface area contributed by atoms with Crippen LogP contribution in [0.5, 0.6) is 5.75 Å². The summed E-state index contributed by atoms with van der Waals surface area (Å²) in [5.41, 5.74) is 1.32. The molecule has 9 nitrogen and oxygen atoms in total. The number of fused-ring (bicyclic) bond motifs is 1. The maximum absolute atomic E-state index is 13.2. The topological polar surface area (TPSA) is 97.1 Å². The van der Waals surface area contributed by atoms with Crippen LogP contribution >= 0.6 is 22.9 Å². The van der Waals surface area contributed by atoms with E-state index in [-0.39, 0.29) is 16.2 Å². The molecule has 0 N–H and O–H groups in total. The van der Waals surface area contributed by atoms with Crippen LogP contribution in [0.25, 0.3) is 15.5 Å². The summed E-state index contributed by atoms with van der Waals surface area (Å²) in [5.74, 6) is 0.259. The molecule has 0 saturated carbocycles. The number of rotatable bonds is 6. The number of halogens is 1. The molecule has 0 atom stereocenters. The Bertz CT molecular complexity index is 1530. The van der Waals surface area contributed by atoms with Crippen LogP contribution in [0.4, 0.5) is 0 Å². The van der Waals surface area contributed by atoms with Gasteiger partial charge in [-0.2, -0.15) is 13.9 Å². The number of methoxy groups -OCH3 is 1. The Balaban J connectivity index is 1.30. The number of benzene rings is 2. The van der Waals surface area contributed by atoms with Crippen LogP contribution in [-0.2, 0) is 16.6 Å². The van der Waals surface area contributed by atoms with Gasteiger partial charge in [0.2, 0.25) is 15.0 Å². The molecule has 0 radical (unpaired) electrons. The number of hydrogen-bond acceptors (Lipinski definition) is 8. The van der Waals surface area contributed by atoms with Gasteiger partial charge < -0.3 is 4.74 Å². The van der Waals surface area contributed by atoms with E-state index in [1.165, 1.54) is 39.4 Å². The first-order valence-corrected chi connectivity index (χ1v) is 13.5. The molecule has 5 rings (SSSR count). The number of sulfonamides is 1. The first-order valence-electron chi connectivity index (χ1n) is 10.9. The Kier molecular flexibility index (Phi) is 6.60. The van der Waals surface area contributed by atoms with Crippen LogP contribution < -0.4 is 10.3 Å². The molecule has 1 aliphatic rings. The summed E-state index contributed by atoms with van der Waals surface area (Å²) in [6.45, 7) is 2.05. The van der Waals surface area contributed by atoms with E-state index in [4.69, 9.17) is 16.3 Å². The number of piperazine rings is 1. The van der Waals surface area contributed by atoms with Crippen LogP contribution in [0.1, 0.15) is 5.69 Å². The lowest BCUT2D eigenvalue weighted by atomic mass is 10.2. The van der Waals surface area contributed by atoms with Crippen molar-refractivity contribution in [1.29, 1.82) is 0 Å². The maximum Gasteiger partial charge on any atom is 0.275 e. The molecule has 0 unspecified atom stereocenters. The van der Waals surface area contributed by atoms with Crippen molar-refractivity contribution in [3.8, 4) is 16.3 Å². The zero-order valence-corrected chi connectivity index (χ0v) is 21.2. The zero-order chi connectivity index (χ0) is 24.6. The van der Waals surface area contributed by atoms with Crippen LogP contribution in [0.3, 0.4) is 0 Å². The summed E-state index contributed by atoms with van der Waals surface area (Å²) in [6, 6.07) is 15.7. The Morgan fingerprint density at radius 2 is 1.80 bits per heavy atom. The van der Waals surface area contributed by atoms with E-state index in [1.807, 2.05) is 30.3 Å². The molecule has 0 bridgehead atoms. The summed E-state index contributed by atoms with van der Waals surface area (Å²) in [4.78, 5) is 20.0. The normalized spacial score (nSPS) is 15.5. The van der Waals surface area contributed by atoms with E-state index in [0.717, 1.165) is 10.6 Å². The van der Waals surface area contributed by atoms with Gasteiger partial charge in [-0.3, -0.25) is 9.69 Å². The fourth-order valence-corrected chi connectivity index (χ4v) is 6.75. The highest BCUT2D eigenvalue weighted by Crippen LogP contribution is 2.30. The Hall–Kier alpha value is -2.83. The van der Waals surface area contributed by atoms with Gasteiger partial charge in [0, 0.05) is 49.4 Å². The summed E-state index contributed by atoms with van der Waals surface area (Å²) in [7, 11) is -2.33. The van der Waals surface area contributed by atoms with Crippen LogP contribution in [-0.4, -0.2) is 65.5 Å². The summed E-state index contributed by atoms with van der Waals surface area (Å²) < 4.78 is 34.4. The minimum atomic E-state index is -3.76. The standard InChI is InChI=1S/C23H22ClN5O4S2/c1-33-19-8-7-17(24)13-20(19)35(31,32)28-11-9-27(10-12-28)15-18-14-21(30)29-23(25-18)34-22(26-29)16-5-3-2-4-6-16/h2-8,13-14H,9-12,15H2,1H3. The summed E-state index contributed by atoms with van der Waals surface area (Å²) in [6.07, 6.45) is 0. The van der Waals surface area contributed by atoms with E-state index >= 15 is 0 Å². The number of nitrogens with zero attached hydrogens (tertiary/aromatic N) is 5. The van der Waals surface area contributed by atoms with Gasteiger partial charge in [-0.05, 0) is 18.2 Å². The molecule has 1 fully saturated rings. The number of aromatic nitrogens is 3. The molecule has 0 spiro atoms. The monoisotopic (exact) mass is 531 g/mol. The molecule has 182 valence electrons. The second kappa shape index (κ2) is 9.67. The number of ether oxygens (including phenoxy) is 1. The predicted octanol–water partition coefficient (Wildman–Crippen LogP) is 2.99. The van der Waals surface area contributed by atoms with E-state index in [1.54, 1.807) is 12.1 Å². The van der Waals surface area contributed by atoms with Crippen LogP contribution in [0.2, 0.25) is 5.02 Å². The van der Waals surface area contributed by atoms with Gasteiger partial charge in [0.1, 0.15) is 15.7 Å². The van der Waals surface area contributed by atoms with Crippen molar-refractivity contribution < 1.29 is 13.2 Å². The Labute approximate surface area is 211 Å². The number of hydrogen-bond donors (Lipinski definition) is 0. The quantitative estimate of drug-likeness (QED) is 0.377. The van der Waals surface area contributed by atoms with Gasteiger partial charge in [-0.15, -0.1) is 0 Å². The van der Waals surface area contributed by atoms with Crippen molar-refractivity contribution in [3.63, 3.8) is 0 Å². The minimum absolute atomic E-state index is 0.0560.